The van der Waals surface area contributed by atoms with Gasteiger partial charge in [-0.3, -0.25) is 0 Å². The van der Waals surface area contributed by atoms with Crippen LogP contribution in [0.25, 0.3) is 0 Å². The lowest BCUT2D eigenvalue weighted by molar-refractivity contribution is 0.0651. The summed E-state index contributed by atoms with van der Waals surface area (Å²) in [5.74, 6) is -1.37. The second-order valence-corrected chi connectivity index (χ2v) is 4.54. The fourth-order valence-electron chi connectivity index (χ4n) is 1.74. The number of benzene rings is 1. The maximum Gasteiger partial charge on any atom is 0.336 e. The fourth-order valence-corrected chi connectivity index (χ4v) is 1.74. The van der Waals surface area contributed by atoms with Gasteiger partial charge in [0.05, 0.1) is 16.8 Å². The molecule has 0 amide bonds. The number of carboxylic acids is 2. The van der Waals surface area contributed by atoms with Gasteiger partial charge in [-0.1, -0.05) is 12.1 Å². The second-order valence-electron chi connectivity index (χ2n) is 4.54. The average molecular weight is 290 g/mol. The first-order chi connectivity index (χ1) is 9.75. The van der Waals surface area contributed by atoms with Crippen LogP contribution < -0.4 is 0 Å². The molecule has 6 heteroatoms. The molecule has 0 aliphatic heterocycles. The minimum absolute atomic E-state index is 0.190. The summed E-state index contributed by atoms with van der Waals surface area (Å²) < 4.78 is 2.09. The van der Waals surface area contributed by atoms with E-state index in [0.717, 1.165) is 11.5 Å². The number of carbonyl (C=O) groups is 2. The highest BCUT2D eigenvalue weighted by atomic mass is 16.4. The van der Waals surface area contributed by atoms with Gasteiger partial charge in [-0.15, -0.1) is 0 Å². The monoisotopic (exact) mass is 290 g/mol. The van der Waals surface area contributed by atoms with Crippen LogP contribution in [-0.4, -0.2) is 31.7 Å². The van der Waals surface area contributed by atoms with E-state index in [0.29, 0.717) is 0 Å². The summed E-state index contributed by atoms with van der Waals surface area (Å²) in [4.78, 5) is 25.2. The zero-order valence-electron chi connectivity index (χ0n) is 12.4. The van der Waals surface area contributed by atoms with Gasteiger partial charge < -0.3 is 14.8 Å². The van der Waals surface area contributed by atoms with Crippen molar-refractivity contribution in [1.29, 1.82) is 0 Å². The van der Waals surface area contributed by atoms with Crippen LogP contribution in [0.15, 0.2) is 24.3 Å². The normalized spacial score (nSPS) is 9.71. The molecule has 0 fully saturated rings. The van der Waals surface area contributed by atoms with E-state index < -0.39 is 11.9 Å². The molecule has 0 radical (unpaired) electrons. The van der Waals surface area contributed by atoms with Crippen molar-refractivity contribution in [3.63, 3.8) is 0 Å². The standard InChI is InChI=1S/C8H6O4.C7H12N2/c9-7(10)5-3-1-2-4-6(5)8(11)12;1-5-6(2)9(4)7(3)8-5/h1-4H,(H,9,10)(H,11,12);1-4H3. The largest absolute Gasteiger partial charge is 0.478 e. The molecular weight excluding hydrogens is 272 g/mol. The topological polar surface area (TPSA) is 92.4 Å². The summed E-state index contributed by atoms with van der Waals surface area (Å²) in [5, 5.41) is 17.1. The Hall–Kier alpha value is -2.63. The van der Waals surface area contributed by atoms with Gasteiger partial charge in [-0.25, -0.2) is 14.6 Å². The number of carboxylic acid groups (broad SMARTS) is 2. The molecule has 0 aliphatic carbocycles. The van der Waals surface area contributed by atoms with E-state index in [-0.39, 0.29) is 11.1 Å². The summed E-state index contributed by atoms with van der Waals surface area (Å²) in [5.41, 5.74) is 2.01. The first kappa shape index (κ1) is 16.4. The van der Waals surface area contributed by atoms with Crippen molar-refractivity contribution in [1.82, 2.24) is 9.55 Å². The molecule has 0 bridgehead atoms. The lowest BCUT2D eigenvalue weighted by Gasteiger charge is -1.98. The molecule has 1 heterocycles. The predicted octanol–water partition coefficient (Wildman–Crippen LogP) is 2.43. The van der Waals surface area contributed by atoms with Crippen LogP contribution in [0.5, 0.6) is 0 Å². The Morgan fingerprint density at radius 1 is 1.00 bits per heavy atom. The molecule has 2 rings (SSSR count). The van der Waals surface area contributed by atoms with E-state index in [1.807, 2.05) is 20.9 Å². The van der Waals surface area contributed by atoms with Crippen LogP contribution in [0.4, 0.5) is 0 Å². The maximum absolute atomic E-state index is 10.5. The Labute approximate surface area is 122 Å². The van der Waals surface area contributed by atoms with E-state index >= 15 is 0 Å². The molecule has 21 heavy (non-hydrogen) atoms. The van der Waals surface area contributed by atoms with Gasteiger partial charge in [0.15, 0.2) is 0 Å². The molecule has 112 valence electrons. The Morgan fingerprint density at radius 2 is 1.43 bits per heavy atom. The van der Waals surface area contributed by atoms with E-state index in [1.54, 1.807) is 0 Å². The average Bonchev–Trinajstić information content (AvgIpc) is 2.66. The Bertz CT molecular complexity index is 619. The van der Waals surface area contributed by atoms with Gasteiger partial charge >= 0.3 is 11.9 Å². The molecule has 6 nitrogen and oxygen atoms in total. The molecule has 0 spiro atoms. The van der Waals surface area contributed by atoms with Gasteiger partial charge in [0.2, 0.25) is 0 Å². The maximum atomic E-state index is 10.5. The quantitative estimate of drug-likeness (QED) is 0.886. The Kier molecular flexibility index (Phi) is 5.24. The second kappa shape index (κ2) is 6.69. The lowest BCUT2D eigenvalue weighted by atomic mass is 10.1. The fraction of sp³-hybridized carbons (Fsp3) is 0.267. The number of hydrogen-bond donors (Lipinski definition) is 2. The van der Waals surface area contributed by atoms with Crippen molar-refractivity contribution in [2.24, 2.45) is 7.05 Å². The highest BCUT2D eigenvalue weighted by Crippen LogP contribution is 2.08. The van der Waals surface area contributed by atoms with Crippen LogP contribution in [0, 0.1) is 20.8 Å². The third-order valence-corrected chi connectivity index (χ3v) is 3.23. The van der Waals surface area contributed by atoms with Gasteiger partial charge in [-0.2, -0.15) is 0 Å². The van der Waals surface area contributed by atoms with Crippen molar-refractivity contribution in [3.05, 3.63) is 52.6 Å². The van der Waals surface area contributed by atoms with Crippen molar-refractivity contribution in [3.8, 4) is 0 Å². The Morgan fingerprint density at radius 3 is 1.62 bits per heavy atom. The minimum atomic E-state index is -1.23. The number of aromatic nitrogens is 2. The SMILES string of the molecule is Cc1nc(C)n(C)c1C.O=C(O)c1ccccc1C(=O)O. The van der Waals surface area contributed by atoms with Crippen molar-refractivity contribution < 1.29 is 19.8 Å². The summed E-state index contributed by atoms with van der Waals surface area (Å²) in [6.07, 6.45) is 0. The summed E-state index contributed by atoms with van der Waals surface area (Å²) in [6, 6.07) is 5.48. The molecule has 0 unspecified atom stereocenters. The van der Waals surface area contributed by atoms with Gasteiger partial charge in [-0.05, 0) is 32.9 Å². The number of rotatable bonds is 2. The molecular formula is C15H18N2O4. The molecule has 0 saturated carbocycles. The van der Waals surface area contributed by atoms with E-state index in [2.05, 4.69) is 16.5 Å². The summed E-state index contributed by atoms with van der Waals surface area (Å²) >= 11 is 0. The first-order valence-electron chi connectivity index (χ1n) is 6.27. The smallest absolute Gasteiger partial charge is 0.336 e. The predicted molar refractivity (Wildman–Crippen MR) is 77.8 cm³/mol. The number of aromatic carboxylic acids is 2. The zero-order valence-corrected chi connectivity index (χ0v) is 12.4. The minimum Gasteiger partial charge on any atom is -0.478 e. The Balaban J connectivity index is 0.000000219. The van der Waals surface area contributed by atoms with E-state index in [1.165, 1.54) is 30.0 Å². The lowest BCUT2D eigenvalue weighted by Crippen LogP contribution is -2.06. The van der Waals surface area contributed by atoms with E-state index in [4.69, 9.17) is 10.2 Å². The van der Waals surface area contributed by atoms with Crippen molar-refractivity contribution in [2.45, 2.75) is 20.8 Å². The van der Waals surface area contributed by atoms with Crippen molar-refractivity contribution >= 4 is 11.9 Å². The molecule has 0 atom stereocenters. The van der Waals surface area contributed by atoms with E-state index in [9.17, 15) is 9.59 Å². The molecule has 0 aliphatic rings. The van der Waals surface area contributed by atoms with Crippen LogP contribution >= 0.6 is 0 Å². The van der Waals surface area contributed by atoms with Crippen LogP contribution in [0.1, 0.15) is 37.9 Å². The van der Waals surface area contributed by atoms with Gasteiger partial charge in [0.25, 0.3) is 0 Å². The van der Waals surface area contributed by atoms with Gasteiger partial charge in [0, 0.05) is 12.7 Å². The summed E-state index contributed by atoms with van der Waals surface area (Å²) in [6.45, 7) is 6.12. The number of nitrogens with zero attached hydrogens (tertiary/aromatic N) is 2. The third kappa shape index (κ3) is 3.92. The molecule has 2 aromatic rings. The number of imidazole rings is 1. The number of aryl methyl sites for hydroxylation is 2. The zero-order chi connectivity index (χ0) is 16.2. The van der Waals surface area contributed by atoms with Crippen LogP contribution in [-0.2, 0) is 7.05 Å². The molecule has 1 aromatic heterocycles. The van der Waals surface area contributed by atoms with Crippen LogP contribution in [0.3, 0.4) is 0 Å². The van der Waals surface area contributed by atoms with Crippen molar-refractivity contribution in [2.75, 3.05) is 0 Å². The molecule has 2 N–H and O–H groups in total. The third-order valence-electron chi connectivity index (χ3n) is 3.23. The first-order valence-corrected chi connectivity index (χ1v) is 6.27. The highest BCUT2D eigenvalue weighted by Gasteiger charge is 2.13. The van der Waals surface area contributed by atoms with Gasteiger partial charge in [0.1, 0.15) is 5.82 Å². The molecule has 0 saturated heterocycles. The van der Waals surface area contributed by atoms with Crippen LogP contribution in [0.2, 0.25) is 0 Å². The number of hydrogen-bond acceptors (Lipinski definition) is 3. The summed E-state index contributed by atoms with van der Waals surface area (Å²) in [7, 11) is 2.03. The molecule has 1 aromatic carbocycles. The highest BCUT2D eigenvalue weighted by molar-refractivity contribution is 6.01.